The van der Waals surface area contributed by atoms with Crippen molar-refractivity contribution < 1.29 is 14.7 Å². The molecule has 1 atom stereocenters. The SMILES string of the molecule is CC(C)CC(NC(=O)Nc1cncc(Br)c1)C(=O)O. The average molecular weight is 330 g/mol. The van der Waals surface area contributed by atoms with Crippen LogP contribution in [0.2, 0.25) is 0 Å². The van der Waals surface area contributed by atoms with Gasteiger partial charge in [-0.2, -0.15) is 0 Å². The van der Waals surface area contributed by atoms with Crippen LogP contribution in [0.25, 0.3) is 0 Å². The summed E-state index contributed by atoms with van der Waals surface area (Å²) in [5.74, 6) is -0.870. The van der Waals surface area contributed by atoms with Crippen molar-refractivity contribution in [1.82, 2.24) is 10.3 Å². The second-order valence-corrected chi connectivity index (χ2v) is 5.43. The number of hydrogen-bond donors (Lipinski definition) is 3. The number of anilines is 1. The number of rotatable bonds is 5. The van der Waals surface area contributed by atoms with Crippen molar-refractivity contribution >= 4 is 33.6 Å². The summed E-state index contributed by atoms with van der Waals surface area (Å²) in [5.41, 5.74) is 0.487. The molecule has 0 bridgehead atoms. The van der Waals surface area contributed by atoms with Crippen molar-refractivity contribution in [3.8, 4) is 0 Å². The van der Waals surface area contributed by atoms with Gasteiger partial charge in [-0.25, -0.2) is 9.59 Å². The van der Waals surface area contributed by atoms with Crippen molar-refractivity contribution in [2.45, 2.75) is 26.3 Å². The molecule has 1 unspecified atom stereocenters. The molecule has 1 heterocycles. The molecule has 0 fully saturated rings. The molecule has 0 aliphatic rings. The summed E-state index contributed by atoms with van der Waals surface area (Å²) >= 11 is 3.23. The molecule has 0 aliphatic carbocycles. The standard InChI is InChI=1S/C12H16BrN3O3/c1-7(2)3-10(11(17)18)16-12(19)15-9-4-8(13)5-14-6-9/h4-7,10H,3H2,1-2H3,(H,17,18)(H2,15,16,19). The van der Waals surface area contributed by atoms with E-state index in [1.807, 2.05) is 13.8 Å². The average Bonchev–Trinajstić information content (AvgIpc) is 2.27. The van der Waals surface area contributed by atoms with E-state index in [0.717, 1.165) is 4.47 Å². The van der Waals surface area contributed by atoms with Crippen molar-refractivity contribution in [2.75, 3.05) is 5.32 Å². The minimum atomic E-state index is -1.05. The summed E-state index contributed by atoms with van der Waals surface area (Å²) in [6, 6.07) is 0.207. The third-order valence-corrected chi connectivity index (χ3v) is 2.71. The lowest BCUT2D eigenvalue weighted by Gasteiger charge is -2.16. The van der Waals surface area contributed by atoms with Crippen LogP contribution >= 0.6 is 15.9 Å². The normalized spacial score (nSPS) is 12.0. The Morgan fingerprint density at radius 2 is 2.11 bits per heavy atom. The van der Waals surface area contributed by atoms with Crippen LogP contribution in [0.1, 0.15) is 20.3 Å². The molecule has 7 heteroatoms. The number of aromatic nitrogens is 1. The molecule has 0 saturated carbocycles. The Balaban J connectivity index is 2.60. The number of halogens is 1. The first kappa shape index (κ1) is 15.4. The fourth-order valence-electron chi connectivity index (χ4n) is 1.50. The summed E-state index contributed by atoms with van der Waals surface area (Å²) in [6.07, 6.45) is 3.43. The largest absolute Gasteiger partial charge is 0.480 e. The highest BCUT2D eigenvalue weighted by Crippen LogP contribution is 2.13. The van der Waals surface area contributed by atoms with Gasteiger partial charge in [-0.05, 0) is 34.3 Å². The third-order valence-electron chi connectivity index (χ3n) is 2.27. The lowest BCUT2D eigenvalue weighted by Crippen LogP contribution is -2.43. The van der Waals surface area contributed by atoms with Gasteiger partial charge in [-0.3, -0.25) is 4.98 Å². The topological polar surface area (TPSA) is 91.3 Å². The van der Waals surface area contributed by atoms with Crippen LogP contribution < -0.4 is 10.6 Å². The van der Waals surface area contributed by atoms with Gasteiger partial charge in [-0.15, -0.1) is 0 Å². The maximum Gasteiger partial charge on any atom is 0.326 e. The van der Waals surface area contributed by atoms with Gasteiger partial charge >= 0.3 is 12.0 Å². The van der Waals surface area contributed by atoms with Crippen molar-refractivity contribution in [3.05, 3.63) is 22.9 Å². The van der Waals surface area contributed by atoms with Crippen LogP contribution in [0, 0.1) is 5.92 Å². The predicted octanol–water partition coefficient (Wildman–Crippen LogP) is 2.46. The quantitative estimate of drug-likeness (QED) is 0.773. The first-order chi connectivity index (χ1) is 8.88. The van der Waals surface area contributed by atoms with Gasteiger partial charge in [0.05, 0.1) is 11.9 Å². The number of nitrogens with one attached hydrogen (secondary N) is 2. The zero-order valence-corrected chi connectivity index (χ0v) is 12.3. The molecule has 6 nitrogen and oxygen atoms in total. The van der Waals surface area contributed by atoms with Gasteiger partial charge in [0, 0.05) is 10.7 Å². The Hall–Kier alpha value is -1.63. The molecule has 0 aliphatic heterocycles. The zero-order chi connectivity index (χ0) is 14.4. The highest BCUT2D eigenvalue weighted by Gasteiger charge is 2.20. The van der Waals surface area contributed by atoms with Gasteiger partial charge < -0.3 is 15.7 Å². The molecular formula is C12H16BrN3O3. The van der Waals surface area contributed by atoms with Crippen LogP contribution in [0.4, 0.5) is 10.5 Å². The Morgan fingerprint density at radius 3 is 2.63 bits per heavy atom. The number of urea groups is 1. The molecule has 3 N–H and O–H groups in total. The summed E-state index contributed by atoms with van der Waals surface area (Å²) < 4.78 is 0.724. The van der Waals surface area contributed by atoms with Gasteiger partial charge in [-0.1, -0.05) is 13.8 Å². The molecule has 0 aromatic carbocycles. The summed E-state index contributed by atoms with van der Waals surface area (Å²) in [5, 5.41) is 14.0. The molecular weight excluding hydrogens is 314 g/mol. The van der Waals surface area contributed by atoms with Gasteiger partial charge in [0.2, 0.25) is 0 Å². The van der Waals surface area contributed by atoms with Crippen LogP contribution in [0.5, 0.6) is 0 Å². The molecule has 2 amide bonds. The highest BCUT2D eigenvalue weighted by molar-refractivity contribution is 9.10. The Bertz CT molecular complexity index is 465. The van der Waals surface area contributed by atoms with E-state index in [0.29, 0.717) is 12.1 Å². The summed E-state index contributed by atoms with van der Waals surface area (Å²) in [6.45, 7) is 3.79. The number of carboxylic acids is 1. The molecule has 1 rings (SSSR count). The molecule has 104 valence electrons. The van der Waals surface area contributed by atoms with E-state index in [-0.39, 0.29) is 5.92 Å². The van der Waals surface area contributed by atoms with Crippen molar-refractivity contribution in [3.63, 3.8) is 0 Å². The number of aliphatic carboxylic acids is 1. The van der Waals surface area contributed by atoms with E-state index in [4.69, 9.17) is 5.11 Å². The first-order valence-electron chi connectivity index (χ1n) is 5.79. The lowest BCUT2D eigenvalue weighted by atomic mass is 10.0. The fourth-order valence-corrected chi connectivity index (χ4v) is 1.86. The van der Waals surface area contributed by atoms with Crippen LogP contribution in [0.3, 0.4) is 0 Å². The van der Waals surface area contributed by atoms with E-state index < -0.39 is 18.0 Å². The Morgan fingerprint density at radius 1 is 1.42 bits per heavy atom. The maximum atomic E-state index is 11.7. The van der Waals surface area contributed by atoms with Crippen molar-refractivity contribution in [2.24, 2.45) is 5.92 Å². The monoisotopic (exact) mass is 329 g/mol. The maximum absolute atomic E-state index is 11.7. The van der Waals surface area contributed by atoms with Gasteiger partial charge in [0.25, 0.3) is 0 Å². The van der Waals surface area contributed by atoms with E-state index in [2.05, 4.69) is 31.5 Å². The second-order valence-electron chi connectivity index (χ2n) is 4.51. The number of carbonyl (C=O) groups excluding carboxylic acids is 1. The molecule has 1 aromatic heterocycles. The van der Waals surface area contributed by atoms with Crippen LogP contribution in [-0.2, 0) is 4.79 Å². The van der Waals surface area contributed by atoms with E-state index in [1.165, 1.54) is 6.20 Å². The smallest absolute Gasteiger partial charge is 0.326 e. The molecule has 1 aromatic rings. The summed E-state index contributed by atoms with van der Waals surface area (Å²) in [4.78, 5) is 26.6. The second kappa shape index (κ2) is 7.08. The van der Waals surface area contributed by atoms with E-state index >= 15 is 0 Å². The minimum absolute atomic E-state index is 0.175. The molecule has 0 saturated heterocycles. The fraction of sp³-hybridized carbons (Fsp3) is 0.417. The number of nitrogens with zero attached hydrogens (tertiary/aromatic N) is 1. The number of carboxylic acid groups (broad SMARTS) is 1. The Kier molecular flexibility index (Phi) is 5.75. The predicted molar refractivity (Wildman–Crippen MR) is 75.0 cm³/mol. The molecule has 0 radical (unpaired) electrons. The number of hydrogen-bond acceptors (Lipinski definition) is 3. The summed E-state index contributed by atoms with van der Waals surface area (Å²) in [7, 11) is 0. The van der Waals surface area contributed by atoms with Crippen molar-refractivity contribution in [1.29, 1.82) is 0 Å². The first-order valence-corrected chi connectivity index (χ1v) is 6.58. The minimum Gasteiger partial charge on any atom is -0.480 e. The highest BCUT2D eigenvalue weighted by atomic mass is 79.9. The van der Waals surface area contributed by atoms with E-state index in [9.17, 15) is 9.59 Å². The van der Waals surface area contributed by atoms with Gasteiger partial charge in [0.15, 0.2) is 0 Å². The number of carbonyl (C=O) groups is 2. The van der Waals surface area contributed by atoms with E-state index in [1.54, 1.807) is 12.3 Å². The molecule has 19 heavy (non-hydrogen) atoms. The molecule has 0 spiro atoms. The Labute approximate surface area is 119 Å². The van der Waals surface area contributed by atoms with Crippen LogP contribution in [-0.4, -0.2) is 28.1 Å². The lowest BCUT2D eigenvalue weighted by molar-refractivity contribution is -0.139. The van der Waals surface area contributed by atoms with Crippen LogP contribution in [0.15, 0.2) is 22.9 Å². The zero-order valence-electron chi connectivity index (χ0n) is 10.7. The van der Waals surface area contributed by atoms with Gasteiger partial charge in [0.1, 0.15) is 6.04 Å². The third kappa shape index (κ3) is 5.69. The number of amides is 2. The number of pyridine rings is 1.